The van der Waals surface area contributed by atoms with Gasteiger partial charge in [0.2, 0.25) is 0 Å². The minimum atomic E-state index is -0.00713. The molecule has 0 aromatic heterocycles. The van der Waals surface area contributed by atoms with Crippen molar-refractivity contribution in [2.45, 2.75) is 60.0 Å². The second-order valence-electron chi connectivity index (χ2n) is 7.68. The first kappa shape index (κ1) is 16.5. The first-order valence-electron chi connectivity index (χ1n) is 7.52. The molecule has 0 aliphatic carbocycles. The average molecular weight is 265 g/mol. The lowest BCUT2D eigenvalue weighted by Crippen LogP contribution is -2.48. The summed E-state index contributed by atoms with van der Waals surface area (Å²) in [7, 11) is 0. The summed E-state index contributed by atoms with van der Waals surface area (Å²) < 4.78 is 5.74. The fourth-order valence-corrected chi connectivity index (χ4v) is 2.13. The summed E-state index contributed by atoms with van der Waals surface area (Å²) >= 11 is 0. The van der Waals surface area contributed by atoms with Crippen LogP contribution < -0.4 is 0 Å². The first-order valence-corrected chi connectivity index (χ1v) is 7.52. The van der Waals surface area contributed by atoms with Crippen molar-refractivity contribution >= 4 is 0 Å². The van der Waals surface area contributed by atoms with Crippen LogP contribution in [0.2, 0.25) is 0 Å². The molecule has 0 unspecified atom stereocenters. The van der Waals surface area contributed by atoms with E-state index in [1.807, 2.05) is 0 Å². The van der Waals surface area contributed by atoms with Gasteiger partial charge >= 0.3 is 0 Å². The van der Waals surface area contributed by atoms with Gasteiger partial charge in [0.1, 0.15) is 0 Å². The molecule has 1 saturated heterocycles. The highest BCUT2D eigenvalue weighted by atomic mass is 16.5. The third-order valence-electron chi connectivity index (χ3n) is 3.12. The maximum atomic E-state index is 5.74. The fourth-order valence-electron chi connectivity index (χ4n) is 2.13. The quantitative estimate of drug-likeness (QED) is 0.705. The molecule has 2 heteroatoms. The van der Waals surface area contributed by atoms with E-state index in [0.717, 1.165) is 25.5 Å². The molecular weight excluding hydrogens is 234 g/mol. The summed E-state index contributed by atoms with van der Waals surface area (Å²) in [6.07, 6.45) is 2.30. The molecule has 0 atom stereocenters. The molecule has 0 N–H and O–H groups in total. The lowest BCUT2D eigenvalue weighted by atomic mass is 9.93. The smallest absolute Gasteiger partial charge is 0.0600 e. The lowest BCUT2D eigenvalue weighted by molar-refractivity contribution is -0.0281. The second-order valence-corrected chi connectivity index (χ2v) is 7.68. The van der Waals surface area contributed by atoms with E-state index >= 15 is 0 Å². The molecule has 0 saturated carbocycles. The minimum absolute atomic E-state index is 0.00713. The standard InChI is InChI=1S/C17H31NO/c1-16(2,3)10-8-7-9-15-13-18(14-15)11-12-19-17(4,5)6/h15H,7,9,11-14H2,1-6H3. The summed E-state index contributed by atoms with van der Waals surface area (Å²) in [5.41, 5.74) is 0.142. The van der Waals surface area contributed by atoms with Gasteiger partial charge in [0.25, 0.3) is 0 Å². The SMILES string of the molecule is CC(C)(C)C#CCCC1CN(CCOC(C)(C)C)C1. The van der Waals surface area contributed by atoms with Gasteiger partial charge in [0, 0.05) is 31.5 Å². The van der Waals surface area contributed by atoms with Crippen LogP contribution in [0.15, 0.2) is 0 Å². The summed E-state index contributed by atoms with van der Waals surface area (Å²) in [5, 5.41) is 0. The Kier molecular flexibility index (Phi) is 5.89. The summed E-state index contributed by atoms with van der Waals surface area (Å²) in [4.78, 5) is 2.48. The number of hydrogen-bond acceptors (Lipinski definition) is 2. The Labute approximate surface area is 119 Å². The van der Waals surface area contributed by atoms with E-state index < -0.39 is 0 Å². The molecule has 19 heavy (non-hydrogen) atoms. The Bertz CT molecular complexity index is 318. The topological polar surface area (TPSA) is 12.5 Å². The van der Waals surface area contributed by atoms with Gasteiger partial charge in [-0.25, -0.2) is 0 Å². The van der Waals surface area contributed by atoms with Crippen LogP contribution in [0.3, 0.4) is 0 Å². The predicted molar refractivity (Wildman–Crippen MR) is 82.1 cm³/mol. The van der Waals surface area contributed by atoms with Crippen LogP contribution in [0.25, 0.3) is 0 Å². The van der Waals surface area contributed by atoms with E-state index in [2.05, 4.69) is 58.3 Å². The monoisotopic (exact) mass is 265 g/mol. The Balaban J connectivity index is 2.03. The molecule has 0 aromatic rings. The van der Waals surface area contributed by atoms with Crippen molar-refractivity contribution < 1.29 is 4.74 Å². The highest BCUT2D eigenvalue weighted by Gasteiger charge is 2.25. The zero-order valence-electron chi connectivity index (χ0n) is 13.7. The Morgan fingerprint density at radius 2 is 1.74 bits per heavy atom. The van der Waals surface area contributed by atoms with Gasteiger partial charge in [-0.05, 0) is 53.9 Å². The zero-order chi connectivity index (χ0) is 14.5. The third-order valence-corrected chi connectivity index (χ3v) is 3.12. The molecule has 1 aliphatic rings. The van der Waals surface area contributed by atoms with E-state index in [-0.39, 0.29) is 11.0 Å². The molecule has 0 radical (unpaired) electrons. The van der Waals surface area contributed by atoms with Gasteiger partial charge in [-0.2, -0.15) is 0 Å². The molecule has 0 bridgehead atoms. The van der Waals surface area contributed by atoms with E-state index in [9.17, 15) is 0 Å². The maximum absolute atomic E-state index is 5.74. The number of ether oxygens (including phenoxy) is 1. The Morgan fingerprint density at radius 3 is 2.26 bits per heavy atom. The van der Waals surface area contributed by atoms with Crippen molar-refractivity contribution in [2.75, 3.05) is 26.2 Å². The minimum Gasteiger partial charge on any atom is -0.375 e. The van der Waals surface area contributed by atoms with Gasteiger partial charge in [-0.1, -0.05) is 5.92 Å². The van der Waals surface area contributed by atoms with Crippen molar-refractivity contribution in [3.63, 3.8) is 0 Å². The van der Waals surface area contributed by atoms with Crippen LogP contribution in [0.1, 0.15) is 54.4 Å². The maximum Gasteiger partial charge on any atom is 0.0600 e. The van der Waals surface area contributed by atoms with Gasteiger partial charge in [-0.3, -0.25) is 0 Å². The van der Waals surface area contributed by atoms with Gasteiger partial charge in [0.15, 0.2) is 0 Å². The molecule has 0 amide bonds. The van der Waals surface area contributed by atoms with Crippen LogP contribution in [0.5, 0.6) is 0 Å². The zero-order valence-corrected chi connectivity index (χ0v) is 13.7. The number of rotatable bonds is 5. The van der Waals surface area contributed by atoms with Gasteiger partial charge in [0.05, 0.1) is 12.2 Å². The van der Waals surface area contributed by atoms with E-state index in [4.69, 9.17) is 4.74 Å². The molecule has 0 aromatic carbocycles. The normalized spacial score (nSPS) is 17.8. The van der Waals surface area contributed by atoms with Crippen molar-refractivity contribution in [1.82, 2.24) is 4.90 Å². The van der Waals surface area contributed by atoms with E-state index in [0.29, 0.717) is 0 Å². The van der Waals surface area contributed by atoms with E-state index in [1.54, 1.807) is 0 Å². The third kappa shape index (κ3) is 8.29. The molecule has 110 valence electrons. The lowest BCUT2D eigenvalue weighted by Gasteiger charge is -2.39. The van der Waals surface area contributed by atoms with Crippen molar-refractivity contribution in [1.29, 1.82) is 0 Å². The molecule has 1 rings (SSSR count). The first-order chi connectivity index (χ1) is 8.66. The Hall–Kier alpha value is -0.520. The van der Waals surface area contributed by atoms with Gasteiger partial charge < -0.3 is 9.64 Å². The Morgan fingerprint density at radius 1 is 1.11 bits per heavy atom. The highest BCUT2D eigenvalue weighted by Crippen LogP contribution is 2.20. The van der Waals surface area contributed by atoms with Crippen LogP contribution in [0.4, 0.5) is 0 Å². The van der Waals surface area contributed by atoms with Crippen LogP contribution >= 0.6 is 0 Å². The molecule has 1 heterocycles. The summed E-state index contributed by atoms with van der Waals surface area (Å²) in [6.45, 7) is 17.2. The van der Waals surface area contributed by atoms with E-state index in [1.165, 1.54) is 19.5 Å². The van der Waals surface area contributed by atoms with Crippen LogP contribution in [-0.2, 0) is 4.74 Å². The number of likely N-dealkylation sites (tertiary alicyclic amines) is 1. The molecule has 2 nitrogen and oxygen atoms in total. The fraction of sp³-hybridized carbons (Fsp3) is 0.882. The molecule has 1 fully saturated rings. The van der Waals surface area contributed by atoms with Crippen molar-refractivity contribution in [3.05, 3.63) is 0 Å². The van der Waals surface area contributed by atoms with Crippen molar-refractivity contribution in [3.8, 4) is 11.8 Å². The van der Waals surface area contributed by atoms with Gasteiger partial charge in [-0.15, -0.1) is 5.92 Å². The summed E-state index contributed by atoms with van der Waals surface area (Å²) in [6, 6.07) is 0. The van der Waals surface area contributed by atoms with Crippen LogP contribution in [0, 0.1) is 23.2 Å². The van der Waals surface area contributed by atoms with Crippen molar-refractivity contribution in [2.24, 2.45) is 11.3 Å². The number of nitrogens with zero attached hydrogens (tertiary/aromatic N) is 1. The molecular formula is C17H31NO. The second kappa shape index (κ2) is 6.77. The molecule has 0 spiro atoms. The average Bonchev–Trinajstić information content (AvgIpc) is 2.15. The highest BCUT2D eigenvalue weighted by molar-refractivity contribution is 5.07. The molecule has 1 aliphatic heterocycles. The van der Waals surface area contributed by atoms with Crippen LogP contribution in [-0.4, -0.2) is 36.7 Å². The number of hydrogen-bond donors (Lipinski definition) is 0. The summed E-state index contributed by atoms with van der Waals surface area (Å²) in [5.74, 6) is 7.46. The predicted octanol–water partition coefficient (Wildman–Crippen LogP) is 3.56. The largest absolute Gasteiger partial charge is 0.375 e.